The maximum absolute atomic E-state index is 13.1. The number of nitrogens with zero attached hydrogens (tertiary/aromatic N) is 6. The molecule has 0 bridgehead atoms. The summed E-state index contributed by atoms with van der Waals surface area (Å²) in [5, 5.41) is 0.336. The fourth-order valence-corrected chi connectivity index (χ4v) is 4.52. The molecule has 0 amide bonds. The first kappa shape index (κ1) is 21.9. The highest BCUT2D eigenvalue weighted by Crippen LogP contribution is 2.29. The number of hydrogen-bond donors (Lipinski definition) is 1. The molecule has 10 nitrogen and oxygen atoms in total. The number of hydrogen-bond acceptors (Lipinski definition) is 8. The van der Waals surface area contributed by atoms with Gasteiger partial charge in [-0.2, -0.15) is 0 Å². The molecule has 1 aliphatic rings. The molecule has 5 rings (SSSR count). The Morgan fingerprint density at radius 2 is 1.88 bits per heavy atom. The lowest BCUT2D eigenvalue weighted by molar-refractivity contribution is 0.163. The molecule has 10 heteroatoms. The number of pyridine rings is 2. The van der Waals surface area contributed by atoms with Crippen LogP contribution in [0.5, 0.6) is 0 Å². The molecule has 0 atom stereocenters. The van der Waals surface area contributed by atoms with Crippen molar-refractivity contribution < 1.29 is 4.74 Å². The molecule has 0 aliphatic carbocycles. The minimum absolute atomic E-state index is 0.0998. The van der Waals surface area contributed by atoms with Crippen LogP contribution in [0.3, 0.4) is 0 Å². The summed E-state index contributed by atoms with van der Waals surface area (Å²) in [5.41, 5.74) is 3.01. The van der Waals surface area contributed by atoms with Crippen LogP contribution in [-0.4, -0.2) is 61.2 Å². The molecule has 1 fully saturated rings. The number of piperidine rings is 1. The Balaban J connectivity index is 1.65. The van der Waals surface area contributed by atoms with Crippen LogP contribution < -0.4 is 11.2 Å². The number of aromatic amines is 1. The third-order valence-corrected chi connectivity index (χ3v) is 6.28. The summed E-state index contributed by atoms with van der Waals surface area (Å²) in [4.78, 5) is 48.2. The van der Waals surface area contributed by atoms with Gasteiger partial charge >= 0.3 is 5.69 Å². The molecule has 4 aromatic heterocycles. The van der Waals surface area contributed by atoms with E-state index >= 15 is 0 Å². The monoisotopic (exact) mass is 459 g/mol. The second-order valence-corrected chi connectivity index (χ2v) is 8.45. The maximum atomic E-state index is 13.1. The van der Waals surface area contributed by atoms with E-state index in [0.29, 0.717) is 40.1 Å². The molecule has 174 valence electrons. The number of nitrogens with one attached hydrogen (secondary N) is 1. The number of aromatic nitrogens is 6. The summed E-state index contributed by atoms with van der Waals surface area (Å²) in [6, 6.07) is 3.58. The van der Waals surface area contributed by atoms with Crippen molar-refractivity contribution in [3.05, 3.63) is 69.7 Å². The van der Waals surface area contributed by atoms with Crippen LogP contribution in [0.25, 0.3) is 33.2 Å². The molecule has 34 heavy (non-hydrogen) atoms. The Bertz CT molecular complexity index is 1500. The van der Waals surface area contributed by atoms with E-state index in [0.717, 1.165) is 37.2 Å². The van der Waals surface area contributed by atoms with Crippen molar-refractivity contribution in [1.29, 1.82) is 0 Å². The molecule has 5 heterocycles. The zero-order valence-corrected chi connectivity index (χ0v) is 19.1. The molecule has 1 N–H and O–H groups in total. The van der Waals surface area contributed by atoms with Crippen molar-refractivity contribution in [2.45, 2.75) is 25.8 Å². The first-order valence-electron chi connectivity index (χ1n) is 11.1. The summed E-state index contributed by atoms with van der Waals surface area (Å²) in [6.07, 6.45) is 6.37. The first-order chi connectivity index (χ1) is 16.5. The number of ether oxygens (including phenoxy) is 1. The standard InChI is InChI=1S/C24H25N7O3/c1-14(13-34-3)30-8-6-17(7-9-30)31-22-18(23(32)29-24(31)33)12-27-20-5-4-19(28-21(20)22)16-10-25-15(2)26-11-16/h4-5,10-12,17H,1,6-9,13H2,2-3H3,(H,29,32,33). The van der Waals surface area contributed by atoms with Gasteiger partial charge in [0.2, 0.25) is 0 Å². The van der Waals surface area contributed by atoms with E-state index in [1.54, 1.807) is 24.1 Å². The highest BCUT2D eigenvalue weighted by atomic mass is 16.5. The number of aryl methyl sites for hydroxylation is 1. The van der Waals surface area contributed by atoms with E-state index in [1.165, 1.54) is 6.20 Å². The molecular weight excluding hydrogens is 434 g/mol. The predicted octanol–water partition coefficient (Wildman–Crippen LogP) is 2.20. The van der Waals surface area contributed by atoms with Crippen molar-refractivity contribution in [2.75, 3.05) is 26.8 Å². The van der Waals surface area contributed by atoms with Gasteiger partial charge in [0.1, 0.15) is 11.3 Å². The number of rotatable bonds is 5. The molecule has 0 unspecified atom stereocenters. The van der Waals surface area contributed by atoms with Crippen molar-refractivity contribution in [3.63, 3.8) is 0 Å². The minimum Gasteiger partial charge on any atom is -0.379 e. The van der Waals surface area contributed by atoms with Crippen LogP contribution in [0.1, 0.15) is 24.7 Å². The van der Waals surface area contributed by atoms with E-state index in [9.17, 15) is 9.59 Å². The summed E-state index contributed by atoms with van der Waals surface area (Å²) in [5.74, 6) is 0.663. The van der Waals surface area contributed by atoms with Crippen molar-refractivity contribution in [2.24, 2.45) is 0 Å². The van der Waals surface area contributed by atoms with Gasteiger partial charge in [-0.05, 0) is 31.9 Å². The average molecular weight is 460 g/mol. The summed E-state index contributed by atoms with van der Waals surface area (Å²) in [7, 11) is 1.65. The van der Waals surface area contributed by atoms with E-state index in [1.807, 2.05) is 19.1 Å². The van der Waals surface area contributed by atoms with Crippen molar-refractivity contribution >= 4 is 21.9 Å². The lowest BCUT2D eigenvalue weighted by atomic mass is 10.0. The van der Waals surface area contributed by atoms with Gasteiger partial charge in [-0.3, -0.25) is 19.3 Å². The molecule has 0 aromatic carbocycles. The van der Waals surface area contributed by atoms with Gasteiger partial charge in [-0.15, -0.1) is 0 Å². The largest absolute Gasteiger partial charge is 0.379 e. The molecule has 4 aromatic rings. The van der Waals surface area contributed by atoms with Crippen LogP contribution in [-0.2, 0) is 4.74 Å². The number of methoxy groups -OCH3 is 1. The lowest BCUT2D eigenvalue weighted by Gasteiger charge is -2.35. The van der Waals surface area contributed by atoms with Crippen LogP contribution in [0, 0.1) is 6.92 Å². The molecule has 1 aliphatic heterocycles. The van der Waals surface area contributed by atoms with Gasteiger partial charge in [0.15, 0.2) is 0 Å². The SMILES string of the molecule is C=C(COC)N1CCC(n2c(=O)[nH]c(=O)c3cnc4ccc(-c5cnc(C)nc5)nc4c32)CC1. The summed E-state index contributed by atoms with van der Waals surface area (Å²) in [6.45, 7) is 7.85. The van der Waals surface area contributed by atoms with Gasteiger partial charge < -0.3 is 9.64 Å². The van der Waals surface area contributed by atoms with Gasteiger partial charge in [-0.1, -0.05) is 6.58 Å². The Labute approximate surface area is 195 Å². The van der Waals surface area contributed by atoms with Gasteiger partial charge in [0.05, 0.1) is 28.7 Å². The first-order valence-corrected chi connectivity index (χ1v) is 11.1. The van der Waals surface area contributed by atoms with Crippen molar-refractivity contribution in [1.82, 2.24) is 34.4 Å². The molecular formula is C24H25N7O3. The van der Waals surface area contributed by atoms with Gasteiger partial charge in [0, 0.05) is 56.1 Å². The summed E-state index contributed by atoms with van der Waals surface area (Å²) < 4.78 is 6.88. The van der Waals surface area contributed by atoms with E-state index in [2.05, 4.69) is 31.4 Å². The van der Waals surface area contributed by atoms with Crippen molar-refractivity contribution in [3.8, 4) is 11.3 Å². The van der Waals surface area contributed by atoms with E-state index < -0.39 is 11.2 Å². The van der Waals surface area contributed by atoms with Crippen LogP contribution in [0.15, 0.2) is 52.6 Å². The predicted molar refractivity (Wildman–Crippen MR) is 129 cm³/mol. The Morgan fingerprint density at radius 3 is 2.59 bits per heavy atom. The topological polar surface area (TPSA) is 119 Å². The number of fused-ring (bicyclic) bond motifs is 3. The zero-order chi connectivity index (χ0) is 23.8. The third kappa shape index (κ3) is 3.86. The smallest absolute Gasteiger partial charge is 0.329 e. The normalized spacial score (nSPS) is 14.7. The fraction of sp³-hybridized carbons (Fsp3) is 0.333. The van der Waals surface area contributed by atoms with E-state index in [4.69, 9.17) is 9.72 Å². The van der Waals surface area contributed by atoms with Crippen LogP contribution in [0.2, 0.25) is 0 Å². The average Bonchev–Trinajstić information content (AvgIpc) is 2.84. The molecule has 0 spiro atoms. The Morgan fingerprint density at radius 1 is 1.15 bits per heavy atom. The highest BCUT2D eigenvalue weighted by Gasteiger charge is 2.25. The second-order valence-electron chi connectivity index (χ2n) is 8.45. The number of likely N-dealkylation sites (tertiary alicyclic amines) is 1. The highest BCUT2D eigenvalue weighted by molar-refractivity contribution is 6.01. The van der Waals surface area contributed by atoms with Crippen LogP contribution in [0.4, 0.5) is 0 Å². The molecule has 1 saturated heterocycles. The number of H-pyrrole nitrogens is 1. The van der Waals surface area contributed by atoms with E-state index in [-0.39, 0.29) is 6.04 Å². The maximum Gasteiger partial charge on any atom is 0.329 e. The Kier molecular flexibility index (Phi) is 5.66. The lowest BCUT2D eigenvalue weighted by Crippen LogP contribution is -2.40. The quantitative estimate of drug-likeness (QED) is 0.451. The van der Waals surface area contributed by atoms with Crippen LogP contribution >= 0.6 is 0 Å². The molecule has 0 saturated carbocycles. The third-order valence-electron chi connectivity index (χ3n) is 6.28. The minimum atomic E-state index is -0.470. The summed E-state index contributed by atoms with van der Waals surface area (Å²) >= 11 is 0. The molecule has 0 radical (unpaired) electrons. The zero-order valence-electron chi connectivity index (χ0n) is 19.1. The Hall–Kier alpha value is -3.92. The van der Waals surface area contributed by atoms with Gasteiger partial charge in [0.25, 0.3) is 5.56 Å². The second kappa shape index (κ2) is 8.79. The fourth-order valence-electron chi connectivity index (χ4n) is 4.52. The van der Waals surface area contributed by atoms with Gasteiger partial charge in [-0.25, -0.2) is 19.7 Å².